The number of ether oxygens (including phenoxy) is 1. The topological polar surface area (TPSA) is 150 Å². The molecule has 12 heteroatoms. The zero-order valence-electron chi connectivity index (χ0n) is 28.2. The van der Waals surface area contributed by atoms with Gasteiger partial charge in [0.2, 0.25) is 17.7 Å². The normalized spacial score (nSPS) is 22.8. The van der Waals surface area contributed by atoms with Crippen molar-refractivity contribution in [1.82, 2.24) is 25.8 Å². The monoisotopic (exact) mass is 655 g/mol. The van der Waals surface area contributed by atoms with Crippen LogP contribution in [-0.2, 0) is 19.1 Å². The van der Waals surface area contributed by atoms with Crippen LogP contribution in [0.25, 0.3) is 10.4 Å². The van der Waals surface area contributed by atoms with Crippen molar-refractivity contribution in [3.8, 4) is 10.4 Å². The molecule has 4 amide bonds. The number of alkyl carbamates (subject to hydrolysis) is 1. The van der Waals surface area contributed by atoms with Gasteiger partial charge >= 0.3 is 6.09 Å². The number of thiazole rings is 1. The molecule has 2 fully saturated rings. The van der Waals surface area contributed by atoms with Crippen LogP contribution in [0.3, 0.4) is 0 Å². The molecule has 2 aromatic rings. The number of aliphatic hydroxyl groups excluding tert-OH is 1. The van der Waals surface area contributed by atoms with Gasteiger partial charge in [0.15, 0.2) is 0 Å². The van der Waals surface area contributed by atoms with Crippen molar-refractivity contribution in [2.75, 3.05) is 6.54 Å². The van der Waals surface area contributed by atoms with Gasteiger partial charge in [-0.1, -0.05) is 45.0 Å². The highest BCUT2D eigenvalue weighted by molar-refractivity contribution is 7.13. The van der Waals surface area contributed by atoms with E-state index in [9.17, 15) is 24.3 Å². The van der Waals surface area contributed by atoms with E-state index in [2.05, 4.69) is 20.9 Å². The predicted molar refractivity (Wildman–Crippen MR) is 177 cm³/mol. The standard InChI is InChI=1S/C34H49N5O6S/c1-19(22-9-11-23(12-10-22)28-20(2)35-18-46-28)36-30(42)26-16-25(40)17-39(26)31(43)29(33(3,4)5)38-27(41)15-21-13-24(14-21)37-32(44)45-34(6,7)8/h9-12,18-19,21,24-26,29,40H,13-17H2,1-8H3,(H,36,42)(H,37,44)(H,38,41)/t19-,21?,24?,25+,26-,29+/m0/s1. The minimum atomic E-state index is -0.892. The highest BCUT2D eigenvalue weighted by Crippen LogP contribution is 2.32. The molecule has 11 nitrogen and oxygen atoms in total. The van der Waals surface area contributed by atoms with Gasteiger partial charge in [-0.3, -0.25) is 14.4 Å². The number of aliphatic hydroxyl groups is 1. The summed E-state index contributed by atoms with van der Waals surface area (Å²) in [4.78, 5) is 59.4. The molecular weight excluding hydrogens is 606 g/mol. The Balaban J connectivity index is 1.34. The molecule has 0 radical (unpaired) electrons. The van der Waals surface area contributed by atoms with E-state index in [0.717, 1.165) is 21.7 Å². The molecule has 4 atom stereocenters. The summed E-state index contributed by atoms with van der Waals surface area (Å²) in [7, 11) is 0. The number of benzene rings is 1. The second-order valence-electron chi connectivity index (χ2n) is 14.8. The maximum atomic E-state index is 13.9. The van der Waals surface area contributed by atoms with Crippen molar-refractivity contribution in [2.24, 2.45) is 11.3 Å². The molecule has 252 valence electrons. The molecule has 1 saturated carbocycles. The first-order valence-corrected chi connectivity index (χ1v) is 16.9. The van der Waals surface area contributed by atoms with Crippen molar-refractivity contribution in [1.29, 1.82) is 0 Å². The fraction of sp³-hybridized carbons (Fsp3) is 0.618. The predicted octanol–water partition coefficient (Wildman–Crippen LogP) is 4.48. The van der Waals surface area contributed by atoms with E-state index >= 15 is 0 Å². The first-order valence-electron chi connectivity index (χ1n) is 16.0. The molecule has 46 heavy (non-hydrogen) atoms. The van der Waals surface area contributed by atoms with E-state index < -0.39 is 41.2 Å². The second-order valence-corrected chi connectivity index (χ2v) is 15.6. The quantitative estimate of drug-likeness (QED) is 0.311. The Morgan fingerprint density at radius 2 is 1.70 bits per heavy atom. The maximum absolute atomic E-state index is 13.9. The van der Waals surface area contributed by atoms with Crippen molar-refractivity contribution in [3.63, 3.8) is 0 Å². The lowest BCUT2D eigenvalue weighted by molar-refractivity contribution is -0.144. The molecule has 1 aliphatic carbocycles. The van der Waals surface area contributed by atoms with Crippen molar-refractivity contribution in [3.05, 3.63) is 41.0 Å². The lowest BCUT2D eigenvalue weighted by Gasteiger charge is -2.38. The molecule has 1 saturated heterocycles. The third-order valence-electron chi connectivity index (χ3n) is 8.49. The minimum Gasteiger partial charge on any atom is -0.444 e. The van der Waals surface area contributed by atoms with Gasteiger partial charge in [0, 0.05) is 25.4 Å². The Morgan fingerprint density at radius 1 is 1.04 bits per heavy atom. The third kappa shape index (κ3) is 9.06. The molecule has 1 aromatic carbocycles. The van der Waals surface area contributed by atoms with Crippen LogP contribution in [0.15, 0.2) is 29.8 Å². The number of β-amino-alcohol motifs (C(OH)–C–C–N with tert-alkyl or cyclic N) is 1. The first-order chi connectivity index (χ1) is 21.4. The van der Waals surface area contributed by atoms with E-state index in [1.807, 2.05) is 64.4 Å². The van der Waals surface area contributed by atoms with Gasteiger partial charge in [-0.2, -0.15) is 0 Å². The van der Waals surface area contributed by atoms with E-state index in [-0.39, 0.29) is 49.2 Å². The van der Waals surface area contributed by atoms with Gasteiger partial charge in [0.25, 0.3) is 0 Å². The summed E-state index contributed by atoms with van der Waals surface area (Å²) in [6.45, 7) is 14.9. The highest BCUT2D eigenvalue weighted by atomic mass is 32.1. The number of aryl methyl sites for hydroxylation is 1. The third-order valence-corrected chi connectivity index (χ3v) is 9.47. The molecule has 0 bridgehead atoms. The summed E-state index contributed by atoms with van der Waals surface area (Å²) < 4.78 is 5.30. The fourth-order valence-corrected chi connectivity index (χ4v) is 6.80. The lowest BCUT2D eigenvalue weighted by Crippen LogP contribution is -2.58. The largest absolute Gasteiger partial charge is 0.444 e. The van der Waals surface area contributed by atoms with Crippen LogP contribution in [0.1, 0.15) is 91.4 Å². The average molecular weight is 656 g/mol. The van der Waals surface area contributed by atoms with Crippen LogP contribution < -0.4 is 16.0 Å². The van der Waals surface area contributed by atoms with Gasteiger partial charge in [0.1, 0.15) is 17.7 Å². The molecule has 0 unspecified atom stereocenters. The second kappa shape index (κ2) is 14.1. The SMILES string of the molecule is Cc1ncsc1-c1ccc([C@H](C)NC(=O)[C@@H]2C[C@@H](O)CN2C(=O)[C@@H](NC(=O)CC2CC(NC(=O)OC(C)(C)C)C2)C(C)(C)C)cc1. The number of hydrogen-bond acceptors (Lipinski definition) is 8. The highest BCUT2D eigenvalue weighted by Gasteiger charge is 2.45. The van der Waals surface area contributed by atoms with Crippen molar-refractivity contribution >= 4 is 35.2 Å². The Labute approximate surface area is 275 Å². The molecular formula is C34H49N5O6S. The van der Waals surface area contributed by atoms with E-state index in [1.54, 1.807) is 32.1 Å². The molecule has 4 N–H and O–H groups in total. The Hall–Kier alpha value is -3.51. The zero-order valence-corrected chi connectivity index (χ0v) is 29.0. The molecule has 4 rings (SSSR count). The van der Waals surface area contributed by atoms with Gasteiger partial charge in [0.05, 0.1) is 28.2 Å². The summed E-state index contributed by atoms with van der Waals surface area (Å²) >= 11 is 1.58. The van der Waals surface area contributed by atoms with E-state index in [4.69, 9.17) is 4.74 Å². The Kier molecular flexibility index (Phi) is 10.8. The smallest absolute Gasteiger partial charge is 0.407 e. The number of carbonyl (C=O) groups is 4. The molecule has 2 aliphatic rings. The number of aromatic nitrogens is 1. The first kappa shape index (κ1) is 35.3. The van der Waals surface area contributed by atoms with Crippen LogP contribution >= 0.6 is 11.3 Å². The number of nitrogens with zero attached hydrogens (tertiary/aromatic N) is 2. The maximum Gasteiger partial charge on any atom is 0.407 e. The number of carbonyl (C=O) groups excluding carboxylic acids is 4. The molecule has 0 spiro atoms. The number of rotatable bonds is 9. The Morgan fingerprint density at radius 3 is 2.26 bits per heavy atom. The van der Waals surface area contributed by atoms with Crippen LogP contribution in [0.5, 0.6) is 0 Å². The van der Waals surface area contributed by atoms with E-state index in [1.165, 1.54) is 4.90 Å². The summed E-state index contributed by atoms with van der Waals surface area (Å²) in [5.41, 5.74) is 3.53. The van der Waals surface area contributed by atoms with Gasteiger partial charge in [-0.15, -0.1) is 11.3 Å². The van der Waals surface area contributed by atoms with Crippen LogP contribution in [0, 0.1) is 18.3 Å². The zero-order chi connectivity index (χ0) is 34.0. The summed E-state index contributed by atoms with van der Waals surface area (Å²) in [5, 5.41) is 19.3. The number of hydrogen-bond donors (Lipinski definition) is 4. The van der Waals surface area contributed by atoms with Crippen molar-refractivity contribution < 1.29 is 29.0 Å². The summed E-state index contributed by atoms with van der Waals surface area (Å²) in [6, 6.07) is 5.81. The number of nitrogens with one attached hydrogen (secondary N) is 3. The van der Waals surface area contributed by atoms with Gasteiger partial charge < -0.3 is 30.7 Å². The molecule has 2 heterocycles. The fourth-order valence-electron chi connectivity index (χ4n) is 5.99. The van der Waals surface area contributed by atoms with Crippen LogP contribution in [0.4, 0.5) is 4.79 Å². The Bertz CT molecular complexity index is 1410. The summed E-state index contributed by atoms with van der Waals surface area (Å²) in [6.07, 6.45) is 0.308. The number of likely N-dealkylation sites (tertiary alicyclic amines) is 1. The van der Waals surface area contributed by atoms with Crippen LogP contribution in [-0.4, -0.2) is 75.2 Å². The molecule has 1 aliphatic heterocycles. The lowest BCUT2D eigenvalue weighted by atomic mass is 9.78. The van der Waals surface area contributed by atoms with Gasteiger partial charge in [-0.25, -0.2) is 9.78 Å². The van der Waals surface area contributed by atoms with Gasteiger partial charge in [-0.05, 0) is 69.9 Å². The van der Waals surface area contributed by atoms with Crippen molar-refractivity contribution in [2.45, 2.75) is 117 Å². The van der Waals surface area contributed by atoms with Crippen LogP contribution in [0.2, 0.25) is 0 Å². The summed E-state index contributed by atoms with van der Waals surface area (Å²) in [5.74, 6) is -0.936. The molecule has 1 aromatic heterocycles. The minimum absolute atomic E-state index is 0.0112. The number of amides is 4. The van der Waals surface area contributed by atoms with E-state index in [0.29, 0.717) is 12.8 Å². The average Bonchev–Trinajstić information content (AvgIpc) is 3.53.